The van der Waals surface area contributed by atoms with Crippen LogP contribution in [0.15, 0.2) is 41.8 Å². The van der Waals surface area contributed by atoms with Crippen molar-refractivity contribution in [3.63, 3.8) is 0 Å². The highest BCUT2D eigenvalue weighted by molar-refractivity contribution is 7.12. The number of piperidine rings is 1. The second-order valence-electron chi connectivity index (χ2n) is 7.22. The predicted molar refractivity (Wildman–Crippen MR) is 108 cm³/mol. The lowest BCUT2D eigenvalue weighted by Crippen LogP contribution is -2.46. The Balaban J connectivity index is 1.22. The number of amides is 1. The molecule has 138 valence electrons. The summed E-state index contributed by atoms with van der Waals surface area (Å²) in [5, 5.41) is 5.69. The first-order valence-electron chi connectivity index (χ1n) is 9.70. The monoisotopic (exact) mass is 369 g/mol. The van der Waals surface area contributed by atoms with Crippen molar-refractivity contribution in [1.29, 1.82) is 0 Å². The molecule has 2 aliphatic heterocycles. The number of hydrogen-bond donors (Lipinski definition) is 1. The van der Waals surface area contributed by atoms with Gasteiger partial charge in [0.15, 0.2) is 0 Å². The molecule has 1 amide bonds. The number of carbonyl (C=O) groups is 1. The van der Waals surface area contributed by atoms with Crippen LogP contribution in [0.5, 0.6) is 0 Å². The van der Waals surface area contributed by atoms with Gasteiger partial charge >= 0.3 is 0 Å². The SMILES string of the molecule is O=C(c1cccs1)N1CCC(NCCN2CCCc3ccccc32)CC1. The molecule has 0 bridgehead atoms. The van der Waals surface area contributed by atoms with Crippen LogP contribution in [0.25, 0.3) is 0 Å². The summed E-state index contributed by atoms with van der Waals surface area (Å²) in [5.41, 5.74) is 2.90. The van der Waals surface area contributed by atoms with E-state index in [1.165, 1.54) is 35.4 Å². The van der Waals surface area contributed by atoms with Gasteiger partial charge in [-0.1, -0.05) is 24.3 Å². The van der Waals surface area contributed by atoms with Gasteiger partial charge in [-0.15, -0.1) is 11.3 Å². The molecule has 1 aromatic carbocycles. The standard InChI is InChI=1S/C21H27N3OS/c25-21(20-8-4-16-26-20)24-13-9-18(10-14-24)22-11-15-23-12-3-6-17-5-1-2-7-19(17)23/h1-2,4-5,7-8,16,18,22H,3,6,9-15H2. The van der Waals surface area contributed by atoms with Crippen LogP contribution in [0.4, 0.5) is 5.69 Å². The van der Waals surface area contributed by atoms with Gasteiger partial charge in [0.05, 0.1) is 4.88 Å². The lowest BCUT2D eigenvalue weighted by molar-refractivity contribution is 0.0710. The van der Waals surface area contributed by atoms with Crippen molar-refractivity contribution < 1.29 is 4.79 Å². The Labute approximate surface area is 159 Å². The molecule has 2 aliphatic rings. The molecule has 0 atom stereocenters. The quantitative estimate of drug-likeness (QED) is 0.877. The van der Waals surface area contributed by atoms with Crippen molar-refractivity contribution in [3.8, 4) is 0 Å². The van der Waals surface area contributed by atoms with Crippen molar-refractivity contribution in [2.45, 2.75) is 31.7 Å². The van der Waals surface area contributed by atoms with Crippen molar-refractivity contribution in [2.24, 2.45) is 0 Å². The van der Waals surface area contributed by atoms with E-state index in [4.69, 9.17) is 0 Å². The van der Waals surface area contributed by atoms with Crippen molar-refractivity contribution in [3.05, 3.63) is 52.2 Å². The molecule has 0 unspecified atom stereocenters. The average molecular weight is 370 g/mol. The van der Waals surface area contributed by atoms with E-state index in [0.29, 0.717) is 6.04 Å². The molecule has 0 aliphatic carbocycles. The third-order valence-electron chi connectivity index (χ3n) is 5.54. The van der Waals surface area contributed by atoms with Crippen LogP contribution >= 0.6 is 11.3 Å². The van der Waals surface area contributed by atoms with E-state index in [1.54, 1.807) is 0 Å². The Morgan fingerprint density at radius 1 is 1.12 bits per heavy atom. The maximum absolute atomic E-state index is 12.4. The number of nitrogens with zero attached hydrogens (tertiary/aromatic N) is 2. The highest BCUT2D eigenvalue weighted by Crippen LogP contribution is 2.26. The molecule has 4 nitrogen and oxygen atoms in total. The van der Waals surface area contributed by atoms with E-state index in [0.717, 1.165) is 50.4 Å². The minimum Gasteiger partial charge on any atom is -0.370 e. The number of hydrogen-bond acceptors (Lipinski definition) is 4. The number of anilines is 1. The first-order chi connectivity index (χ1) is 12.8. The molecular formula is C21H27N3OS. The largest absolute Gasteiger partial charge is 0.370 e. The van der Waals surface area contributed by atoms with Crippen LogP contribution in [-0.4, -0.2) is 49.6 Å². The van der Waals surface area contributed by atoms with Gasteiger partial charge in [0, 0.05) is 44.5 Å². The maximum atomic E-state index is 12.4. The Hall–Kier alpha value is -1.85. The summed E-state index contributed by atoms with van der Waals surface area (Å²) >= 11 is 1.54. The molecular weight excluding hydrogens is 342 g/mol. The van der Waals surface area contributed by atoms with Gasteiger partial charge in [-0.3, -0.25) is 4.79 Å². The van der Waals surface area contributed by atoms with Crippen LogP contribution in [-0.2, 0) is 6.42 Å². The zero-order valence-corrected chi connectivity index (χ0v) is 16.0. The molecule has 1 saturated heterocycles. The number of fused-ring (bicyclic) bond motifs is 1. The fourth-order valence-electron chi connectivity index (χ4n) is 4.09. The lowest BCUT2D eigenvalue weighted by Gasteiger charge is -2.34. The second-order valence-corrected chi connectivity index (χ2v) is 8.16. The average Bonchev–Trinajstić information content (AvgIpc) is 3.23. The minimum atomic E-state index is 0.198. The lowest BCUT2D eigenvalue weighted by atomic mass is 10.0. The summed E-state index contributed by atoms with van der Waals surface area (Å²) < 4.78 is 0. The maximum Gasteiger partial charge on any atom is 0.263 e. The molecule has 1 N–H and O–H groups in total. The first kappa shape index (κ1) is 17.6. The summed E-state index contributed by atoms with van der Waals surface area (Å²) in [6, 6.07) is 13.2. The van der Waals surface area contributed by atoms with Gasteiger partial charge in [0.2, 0.25) is 0 Å². The Bertz CT molecular complexity index is 723. The third kappa shape index (κ3) is 3.94. The Morgan fingerprint density at radius 2 is 1.96 bits per heavy atom. The van der Waals surface area contributed by atoms with Gasteiger partial charge in [-0.2, -0.15) is 0 Å². The Kier molecular flexibility index (Phi) is 5.56. The number of likely N-dealkylation sites (tertiary alicyclic amines) is 1. The van der Waals surface area contributed by atoms with Gasteiger partial charge in [-0.05, 0) is 48.8 Å². The fourth-order valence-corrected chi connectivity index (χ4v) is 4.78. The van der Waals surface area contributed by atoms with Crippen molar-refractivity contribution in [1.82, 2.24) is 10.2 Å². The van der Waals surface area contributed by atoms with E-state index in [2.05, 4.69) is 34.5 Å². The van der Waals surface area contributed by atoms with Crippen LogP contribution in [0.3, 0.4) is 0 Å². The topological polar surface area (TPSA) is 35.6 Å². The van der Waals surface area contributed by atoms with Gasteiger partial charge in [0.1, 0.15) is 0 Å². The van der Waals surface area contributed by atoms with E-state index >= 15 is 0 Å². The number of carbonyl (C=O) groups excluding carboxylic acids is 1. The summed E-state index contributed by atoms with van der Waals surface area (Å²) in [7, 11) is 0. The summed E-state index contributed by atoms with van der Waals surface area (Å²) in [6.45, 7) is 4.96. The Morgan fingerprint density at radius 3 is 2.77 bits per heavy atom. The minimum absolute atomic E-state index is 0.198. The predicted octanol–water partition coefficient (Wildman–Crippen LogP) is 3.40. The number of nitrogens with one attached hydrogen (secondary N) is 1. The summed E-state index contributed by atoms with van der Waals surface area (Å²) in [6.07, 6.45) is 4.55. The van der Waals surface area contributed by atoms with E-state index in [9.17, 15) is 4.79 Å². The summed E-state index contributed by atoms with van der Waals surface area (Å²) in [4.78, 5) is 17.8. The van der Waals surface area contributed by atoms with E-state index in [1.807, 2.05) is 22.4 Å². The summed E-state index contributed by atoms with van der Waals surface area (Å²) in [5.74, 6) is 0.198. The smallest absolute Gasteiger partial charge is 0.263 e. The van der Waals surface area contributed by atoms with Crippen molar-refractivity contribution >= 4 is 22.9 Å². The zero-order valence-electron chi connectivity index (χ0n) is 15.2. The number of rotatable bonds is 5. The molecule has 2 aromatic rings. The molecule has 26 heavy (non-hydrogen) atoms. The van der Waals surface area contributed by atoms with Gasteiger partial charge in [0.25, 0.3) is 5.91 Å². The molecule has 5 heteroatoms. The molecule has 0 spiro atoms. The van der Waals surface area contributed by atoms with Crippen LogP contribution in [0.1, 0.15) is 34.5 Å². The molecule has 1 fully saturated rings. The molecule has 4 rings (SSSR count). The van der Waals surface area contributed by atoms with Crippen LogP contribution in [0, 0.1) is 0 Å². The highest BCUT2D eigenvalue weighted by atomic mass is 32.1. The molecule has 0 radical (unpaired) electrons. The van der Waals surface area contributed by atoms with Gasteiger partial charge < -0.3 is 15.1 Å². The van der Waals surface area contributed by atoms with E-state index < -0.39 is 0 Å². The molecule has 1 aromatic heterocycles. The third-order valence-corrected chi connectivity index (χ3v) is 6.39. The highest BCUT2D eigenvalue weighted by Gasteiger charge is 2.24. The number of para-hydroxylation sites is 1. The number of aryl methyl sites for hydroxylation is 1. The van der Waals surface area contributed by atoms with Gasteiger partial charge in [-0.25, -0.2) is 0 Å². The fraction of sp³-hybridized carbons (Fsp3) is 0.476. The van der Waals surface area contributed by atoms with Crippen LogP contribution < -0.4 is 10.2 Å². The van der Waals surface area contributed by atoms with E-state index in [-0.39, 0.29) is 5.91 Å². The number of thiophene rings is 1. The molecule has 0 saturated carbocycles. The second kappa shape index (κ2) is 8.23. The zero-order chi connectivity index (χ0) is 17.8. The number of benzene rings is 1. The van der Waals surface area contributed by atoms with Crippen molar-refractivity contribution in [2.75, 3.05) is 37.6 Å². The first-order valence-corrected chi connectivity index (χ1v) is 10.6. The normalized spacial score (nSPS) is 18.0. The van der Waals surface area contributed by atoms with Crippen LogP contribution in [0.2, 0.25) is 0 Å². The molecule has 3 heterocycles.